The number of nitrogens with zero attached hydrogens (tertiary/aromatic N) is 2. The summed E-state index contributed by atoms with van der Waals surface area (Å²) < 4.78 is 0. The highest BCUT2D eigenvalue weighted by Crippen LogP contribution is 2.13. The van der Waals surface area contributed by atoms with Gasteiger partial charge in [-0.3, -0.25) is 4.79 Å². The van der Waals surface area contributed by atoms with Crippen molar-refractivity contribution in [1.82, 2.24) is 15.1 Å². The summed E-state index contributed by atoms with van der Waals surface area (Å²) in [6, 6.07) is 7.32. The van der Waals surface area contributed by atoms with Gasteiger partial charge in [0.25, 0.3) is 0 Å². The fraction of sp³-hybridized carbons (Fsp3) is 0.556. The topological polar surface area (TPSA) is 52.7 Å². The normalized spacial score (nSPS) is 15.8. The van der Waals surface area contributed by atoms with Gasteiger partial charge >= 0.3 is 6.03 Å². The number of urea groups is 1. The first-order valence-corrected chi connectivity index (χ1v) is 8.72. The van der Waals surface area contributed by atoms with Crippen molar-refractivity contribution >= 4 is 23.5 Å². The molecule has 1 heterocycles. The summed E-state index contributed by atoms with van der Waals surface area (Å²) >= 11 is 5.97. The summed E-state index contributed by atoms with van der Waals surface area (Å²) in [5.74, 6) is 0.0790. The van der Waals surface area contributed by atoms with E-state index >= 15 is 0 Å². The van der Waals surface area contributed by atoms with Crippen molar-refractivity contribution in [3.63, 3.8) is 0 Å². The van der Waals surface area contributed by atoms with Crippen LogP contribution in [0.3, 0.4) is 0 Å². The van der Waals surface area contributed by atoms with E-state index in [9.17, 15) is 9.59 Å². The Kier molecular flexibility index (Phi) is 6.10. The highest BCUT2D eigenvalue weighted by molar-refractivity contribution is 6.30. The van der Waals surface area contributed by atoms with Gasteiger partial charge in [-0.05, 0) is 44.9 Å². The van der Waals surface area contributed by atoms with Crippen LogP contribution in [0.2, 0.25) is 5.02 Å². The maximum Gasteiger partial charge on any atom is 0.317 e. The summed E-state index contributed by atoms with van der Waals surface area (Å²) in [4.78, 5) is 28.4. The molecule has 1 fully saturated rings. The summed E-state index contributed by atoms with van der Waals surface area (Å²) in [7, 11) is 0. The number of amides is 3. The molecule has 0 radical (unpaired) electrons. The lowest BCUT2D eigenvalue weighted by atomic mass is 10.1. The molecule has 1 aliphatic rings. The maximum absolute atomic E-state index is 12.5. The van der Waals surface area contributed by atoms with Crippen LogP contribution in [0.4, 0.5) is 4.79 Å². The number of nitrogens with one attached hydrogen (secondary N) is 1. The molecule has 6 heteroatoms. The predicted molar refractivity (Wildman–Crippen MR) is 96.2 cm³/mol. The van der Waals surface area contributed by atoms with Crippen LogP contribution in [-0.4, -0.2) is 53.5 Å². The molecular weight excluding hydrogens is 326 g/mol. The average Bonchev–Trinajstić information content (AvgIpc) is 2.71. The van der Waals surface area contributed by atoms with Gasteiger partial charge < -0.3 is 15.1 Å². The molecule has 0 spiro atoms. The molecule has 0 unspecified atom stereocenters. The quantitative estimate of drug-likeness (QED) is 0.890. The minimum atomic E-state index is -0.258. The van der Waals surface area contributed by atoms with E-state index in [1.807, 2.05) is 43.9 Å². The lowest BCUT2D eigenvalue weighted by molar-refractivity contribution is -0.130. The standard InChI is InChI=1S/C18H26ClN3O2/c1-18(2,3)20-17(24)22-9-5-8-21(10-11-22)16(23)13-14-6-4-7-15(19)12-14/h4,6-7,12H,5,8-11,13H2,1-3H3,(H,20,24). The SMILES string of the molecule is CC(C)(C)NC(=O)N1CCCN(C(=O)Cc2cccc(Cl)c2)CC1. The molecule has 1 aromatic carbocycles. The Balaban J connectivity index is 1.90. The number of rotatable bonds is 2. The second-order valence-corrected chi connectivity index (χ2v) is 7.64. The summed E-state index contributed by atoms with van der Waals surface area (Å²) in [6.45, 7) is 8.36. The van der Waals surface area contributed by atoms with E-state index in [-0.39, 0.29) is 17.5 Å². The van der Waals surface area contributed by atoms with E-state index in [1.165, 1.54) is 0 Å². The molecule has 0 bridgehead atoms. The summed E-state index contributed by atoms with van der Waals surface area (Å²) in [5, 5.41) is 3.62. The van der Waals surface area contributed by atoms with E-state index in [2.05, 4.69) is 5.32 Å². The zero-order valence-electron chi connectivity index (χ0n) is 14.6. The van der Waals surface area contributed by atoms with Gasteiger partial charge in [0.15, 0.2) is 0 Å². The number of hydrogen-bond acceptors (Lipinski definition) is 2. The fourth-order valence-electron chi connectivity index (χ4n) is 2.70. The van der Waals surface area contributed by atoms with Crippen molar-refractivity contribution in [3.05, 3.63) is 34.9 Å². The Labute approximate surface area is 149 Å². The number of carbonyl (C=O) groups excluding carboxylic acids is 2. The largest absolute Gasteiger partial charge is 0.341 e. The minimum Gasteiger partial charge on any atom is -0.341 e. The summed E-state index contributed by atoms with van der Waals surface area (Å²) in [5.41, 5.74) is 0.657. The Morgan fingerprint density at radius 1 is 1.12 bits per heavy atom. The van der Waals surface area contributed by atoms with Gasteiger partial charge in [0, 0.05) is 36.7 Å². The van der Waals surface area contributed by atoms with Gasteiger partial charge in [0.05, 0.1) is 6.42 Å². The van der Waals surface area contributed by atoms with Crippen molar-refractivity contribution < 1.29 is 9.59 Å². The predicted octanol–water partition coefficient (Wildman–Crippen LogP) is 2.92. The highest BCUT2D eigenvalue weighted by atomic mass is 35.5. The van der Waals surface area contributed by atoms with Gasteiger partial charge in [-0.2, -0.15) is 0 Å². The Bertz CT molecular complexity index is 598. The molecule has 3 amide bonds. The van der Waals surface area contributed by atoms with Gasteiger partial charge in [0.2, 0.25) is 5.91 Å². The smallest absolute Gasteiger partial charge is 0.317 e. The average molecular weight is 352 g/mol. The first-order valence-electron chi connectivity index (χ1n) is 8.34. The third-order valence-electron chi connectivity index (χ3n) is 3.86. The van der Waals surface area contributed by atoms with Crippen LogP contribution in [0, 0.1) is 0 Å². The van der Waals surface area contributed by atoms with Crippen molar-refractivity contribution in [1.29, 1.82) is 0 Å². The number of hydrogen-bond donors (Lipinski definition) is 1. The second-order valence-electron chi connectivity index (χ2n) is 7.21. The molecule has 132 valence electrons. The van der Waals surface area contributed by atoms with E-state index < -0.39 is 0 Å². The molecular formula is C18H26ClN3O2. The van der Waals surface area contributed by atoms with Crippen LogP contribution in [0.5, 0.6) is 0 Å². The van der Waals surface area contributed by atoms with Crippen LogP contribution < -0.4 is 5.32 Å². The zero-order chi connectivity index (χ0) is 17.7. The maximum atomic E-state index is 12.5. The number of carbonyl (C=O) groups is 2. The minimum absolute atomic E-state index is 0.0633. The number of benzene rings is 1. The molecule has 0 aliphatic carbocycles. The van der Waals surface area contributed by atoms with Crippen LogP contribution in [0.1, 0.15) is 32.8 Å². The molecule has 5 nitrogen and oxygen atoms in total. The monoisotopic (exact) mass is 351 g/mol. The highest BCUT2D eigenvalue weighted by Gasteiger charge is 2.24. The molecule has 1 aliphatic heterocycles. The van der Waals surface area contributed by atoms with Crippen molar-refractivity contribution in [2.45, 2.75) is 39.2 Å². The van der Waals surface area contributed by atoms with Gasteiger partial charge in [0.1, 0.15) is 0 Å². The van der Waals surface area contributed by atoms with E-state index in [1.54, 1.807) is 11.0 Å². The molecule has 0 atom stereocenters. The lowest BCUT2D eigenvalue weighted by Crippen LogP contribution is -2.49. The molecule has 1 N–H and O–H groups in total. The first kappa shape index (κ1) is 18.6. The van der Waals surface area contributed by atoms with Crippen LogP contribution in [0.15, 0.2) is 24.3 Å². The van der Waals surface area contributed by atoms with E-state index in [0.717, 1.165) is 12.0 Å². The van der Waals surface area contributed by atoms with Crippen molar-refractivity contribution in [2.24, 2.45) is 0 Å². The van der Waals surface area contributed by atoms with Crippen molar-refractivity contribution in [3.8, 4) is 0 Å². The third kappa shape index (κ3) is 5.71. The van der Waals surface area contributed by atoms with Gasteiger partial charge in [-0.15, -0.1) is 0 Å². The van der Waals surface area contributed by atoms with Gasteiger partial charge in [-0.1, -0.05) is 23.7 Å². The first-order chi connectivity index (χ1) is 11.2. The Morgan fingerprint density at radius 2 is 1.79 bits per heavy atom. The lowest BCUT2D eigenvalue weighted by Gasteiger charge is -2.27. The van der Waals surface area contributed by atoms with Crippen LogP contribution in [0.25, 0.3) is 0 Å². The Hall–Kier alpha value is -1.75. The Morgan fingerprint density at radius 3 is 2.46 bits per heavy atom. The second kappa shape index (κ2) is 7.88. The fourth-order valence-corrected chi connectivity index (χ4v) is 2.92. The molecule has 24 heavy (non-hydrogen) atoms. The van der Waals surface area contributed by atoms with E-state index in [0.29, 0.717) is 37.6 Å². The molecule has 0 saturated carbocycles. The van der Waals surface area contributed by atoms with Gasteiger partial charge in [-0.25, -0.2) is 4.79 Å². The molecule has 1 saturated heterocycles. The van der Waals surface area contributed by atoms with Crippen LogP contribution >= 0.6 is 11.6 Å². The molecule has 1 aromatic rings. The molecule has 0 aromatic heterocycles. The van der Waals surface area contributed by atoms with Crippen LogP contribution in [-0.2, 0) is 11.2 Å². The molecule has 2 rings (SSSR count). The van der Waals surface area contributed by atoms with Crippen molar-refractivity contribution in [2.75, 3.05) is 26.2 Å². The van der Waals surface area contributed by atoms with E-state index in [4.69, 9.17) is 11.6 Å². The third-order valence-corrected chi connectivity index (χ3v) is 4.10. The number of halogens is 1. The zero-order valence-corrected chi connectivity index (χ0v) is 15.4. The summed E-state index contributed by atoms with van der Waals surface area (Å²) in [6.07, 6.45) is 1.13.